The van der Waals surface area contributed by atoms with Crippen molar-refractivity contribution in [3.05, 3.63) is 89.0 Å². The molecule has 0 unspecified atom stereocenters. The number of alkyl halides is 3. The first-order chi connectivity index (χ1) is 17.6. The summed E-state index contributed by atoms with van der Waals surface area (Å²) < 4.78 is 43.9. The fourth-order valence-corrected chi connectivity index (χ4v) is 4.32. The van der Waals surface area contributed by atoms with Gasteiger partial charge in [-0.05, 0) is 66.4 Å². The number of urea groups is 1. The number of rotatable bonds is 7. The second-order valence-corrected chi connectivity index (χ2v) is 9.00. The molecule has 3 amide bonds. The monoisotopic (exact) mass is 511 g/mol. The molecule has 1 aliphatic rings. The standard InChI is InChI=1S/C28H28F3N3O3/c1-19-7-12-25(24(15-19)32-26(35)17-21-5-3-6-23(16-21)37-2)34-14-4-13-33(27(34)36)18-20-8-10-22(11-9-20)28(29,30)31/h3,5-12,15-16H,4,13-14,17-18H2,1-2H3,(H,32,35). The molecule has 194 valence electrons. The largest absolute Gasteiger partial charge is 0.497 e. The summed E-state index contributed by atoms with van der Waals surface area (Å²) in [7, 11) is 1.56. The van der Waals surface area contributed by atoms with Crippen molar-refractivity contribution in [2.24, 2.45) is 0 Å². The van der Waals surface area contributed by atoms with Crippen LogP contribution >= 0.6 is 0 Å². The molecule has 1 fully saturated rings. The van der Waals surface area contributed by atoms with Crippen LogP contribution in [-0.4, -0.2) is 37.0 Å². The van der Waals surface area contributed by atoms with Gasteiger partial charge in [0.05, 0.1) is 30.5 Å². The zero-order valence-corrected chi connectivity index (χ0v) is 20.6. The number of anilines is 2. The summed E-state index contributed by atoms with van der Waals surface area (Å²) in [5, 5.41) is 2.94. The Morgan fingerprint density at radius 3 is 2.46 bits per heavy atom. The van der Waals surface area contributed by atoms with Crippen LogP contribution in [0.25, 0.3) is 0 Å². The number of ether oxygens (including phenoxy) is 1. The van der Waals surface area contributed by atoms with Gasteiger partial charge in [-0.1, -0.05) is 30.3 Å². The van der Waals surface area contributed by atoms with Crippen LogP contribution in [0, 0.1) is 6.92 Å². The van der Waals surface area contributed by atoms with Gasteiger partial charge >= 0.3 is 12.2 Å². The minimum Gasteiger partial charge on any atom is -0.497 e. The van der Waals surface area contributed by atoms with Gasteiger partial charge in [0.2, 0.25) is 5.91 Å². The number of nitrogens with zero attached hydrogens (tertiary/aromatic N) is 2. The van der Waals surface area contributed by atoms with E-state index < -0.39 is 11.7 Å². The number of carbonyl (C=O) groups excluding carboxylic acids is 2. The highest BCUT2D eigenvalue weighted by Gasteiger charge is 2.31. The number of benzene rings is 3. The first-order valence-electron chi connectivity index (χ1n) is 11.9. The number of amides is 3. The van der Waals surface area contributed by atoms with E-state index in [1.54, 1.807) is 35.1 Å². The van der Waals surface area contributed by atoms with Crippen molar-refractivity contribution in [1.29, 1.82) is 0 Å². The van der Waals surface area contributed by atoms with Crippen LogP contribution in [0.2, 0.25) is 0 Å². The van der Waals surface area contributed by atoms with Gasteiger partial charge in [-0.2, -0.15) is 13.2 Å². The summed E-state index contributed by atoms with van der Waals surface area (Å²) in [5.41, 5.74) is 2.70. The second kappa shape index (κ2) is 10.9. The molecule has 37 heavy (non-hydrogen) atoms. The summed E-state index contributed by atoms with van der Waals surface area (Å²) in [6.45, 7) is 3.04. The predicted molar refractivity (Wildman–Crippen MR) is 136 cm³/mol. The molecule has 1 saturated heterocycles. The molecule has 6 nitrogen and oxygen atoms in total. The van der Waals surface area contributed by atoms with E-state index in [2.05, 4.69) is 5.32 Å². The maximum atomic E-state index is 13.4. The SMILES string of the molecule is COc1cccc(CC(=O)Nc2cc(C)ccc2N2CCCN(Cc3ccc(C(F)(F)F)cc3)C2=O)c1. The second-order valence-electron chi connectivity index (χ2n) is 9.00. The van der Waals surface area contributed by atoms with Gasteiger partial charge in [0, 0.05) is 19.6 Å². The fraction of sp³-hybridized carbons (Fsp3) is 0.286. The Kier molecular flexibility index (Phi) is 7.71. The Balaban J connectivity index is 1.49. The molecule has 1 heterocycles. The van der Waals surface area contributed by atoms with Crippen molar-refractivity contribution in [1.82, 2.24) is 4.90 Å². The van der Waals surface area contributed by atoms with Crippen LogP contribution in [0.4, 0.5) is 29.3 Å². The van der Waals surface area contributed by atoms with E-state index in [0.717, 1.165) is 23.3 Å². The average molecular weight is 512 g/mol. The topological polar surface area (TPSA) is 61.9 Å². The molecule has 0 saturated carbocycles. The van der Waals surface area contributed by atoms with Crippen molar-refractivity contribution >= 4 is 23.3 Å². The minimum absolute atomic E-state index is 0.137. The lowest BCUT2D eigenvalue weighted by Crippen LogP contribution is -2.49. The maximum absolute atomic E-state index is 13.4. The predicted octanol–water partition coefficient (Wildman–Crippen LogP) is 6.04. The summed E-state index contributed by atoms with van der Waals surface area (Å²) >= 11 is 0. The highest BCUT2D eigenvalue weighted by Crippen LogP contribution is 2.32. The van der Waals surface area contributed by atoms with Crippen molar-refractivity contribution in [2.75, 3.05) is 30.4 Å². The molecule has 0 bridgehead atoms. The lowest BCUT2D eigenvalue weighted by molar-refractivity contribution is -0.137. The normalized spacial score (nSPS) is 14.0. The molecular formula is C28H28F3N3O3. The number of hydrogen-bond acceptors (Lipinski definition) is 3. The minimum atomic E-state index is -4.41. The van der Waals surface area contributed by atoms with Crippen molar-refractivity contribution in [3.8, 4) is 5.75 Å². The molecule has 0 aromatic heterocycles. The number of aryl methyl sites for hydroxylation is 1. The molecule has 3 aromatic rings. The lowest BCUT2D eigenvalue weighted by atomic mass is 10.1. The highest BCUT2D eigenvalue weighted by atomic mass is 19.4. The summed E-state index contributed by atoms with van der Waals surface area (Å²) in [6, 6.07) is 17.3. The molecule has 0 radical (unpaired) electrons. The number of nitrogens with one attached hydrogen (secondary N) is 1. The van der Waals surface area contributed by atoms with Crippen LogP contribution in [0.3, 0.4) is 0 Å². The zero-order chi connectivity index (χ0) is 26.6. The molecule has 0 aliphatic carbocycles. The first-order valence-corrected chi connectivity index (χ1v) is 11.9. The Hall–Kier alpha value is -4.01. The highest BCUT2D eigenvalue weighted by molar-refractivity contribution is 6.01. The molecule has 1 N–H and O–H groups in total. The van der Waals surface area contributed by atoms with Gasteiger partial charge in [-0.25, -0.2) is 4.79 Å². The van der Waals surface area contributed by atoms with Crippen LogP contribution in [0.5, 0.6) is 5.75 Å². The van der Waals surface area contributed by atoms with E-state index in [9.17, 15) is 22.8 Å². The van der Waals surface area contributed by atoms with Gasteiger partial charge in [0.25, 0.3) is 0 Å². The van der Waals surface area contributed by atoms with Crippen LogP contribution < -0.4 is 15.0 Å². The third-order valence-electron chi connectivity index (χ3n) is 6.18. The Bertz CT molecular complexity index is 1280. The Labute approximate surface area is 213 Å². The molecule has 0 spiro atoms. The number of halogens is 3. The maximum Gasteiger partial charge on any atom is 0.416 e. The van der Waals surface area contributed by atoms with E-state index >= 15 is 0 Å². The molecule has 4 rings (SSSR count). The van der Waals surface area contributed by atoms with Crippen LogP contribution in [-0.2, 0) is 23.9 Å². The number of methoxy groups -OCH3 is 1. The third kappa shape index (κ3) is 6.41. The summed E-state index contributed by atoms with van der Waals surface area (Å²) in [5.74, 6) is 0.430. The molecule has 3 aromatic carbocycles. The third-order valence-corrected chi connectivity index (χ3v) is 6.18. The summed E-state index contributed by atoms with van der Waals surface area (Å²) in [4.78, 5) is 29.5. The van der Waals surface area contributed by atoms with Gasteiger partial charge < -0.3 is 15.0 Å². The van der Waals surface area contributed by atoms with Crippen molar-refractivity contribution in [3.63, 3.8) is 0 Å². The van der Waals surface area contributed by atoms with E-state index in [0.29, 0.717) is 42.2 Å². The average Bonchev–Trinajstić information content (AvgIpc) is 2.85. The van der Waals surface area contributed by atoms with Crippen molar-refractivity contribution in [2.45, 2.75) is 32.5 Å². The smallest absolute Gasteiger partial charge is 0.416 e. The fourth-order valence-electron chi connectivity index (χ4n) is 4.32. The van der Waals surface area contributed by atoms with E-state index in [1.165, 1.54) is 12.1 Å². The Morgan fingerprint density at radius 2 is 1.76 bits per heavy atom. The van der Waals surface area contributed by atoms with Crippen molar-refractivity contribution < 1.29 is 27.5 Å². The van der Waals surface area contributed by atoms with Crippen LogP contribution in [0.1, 0.15) is 28.7 Å². The lowest BCUT2D eigenvalue weighted by Gasteiger charge is -2.36. The number of carbonyl (C=O) groups is 2. The first kappa shape index (κ1) is 26.1. The summed E-state index contributed by atoms with van der Waals surface area (Å²) in [6.07, 6.45) is -3.59. The van der Waals surface area contributed by atoms with E-state index in [-0.39, 0.29) is 24.9 Å². The molecular weight excluding hydrogens is 483 g/mol. The van der Waals surface area contributed by atoms with Gasteiger partial charge in [-0.15, -0.1) is 0 Å². The Morgan fingerprint density at radius 1 is 1.00 bits per heavy atom. The van der Waals surface area contributed by atoms with E-state index in [4.69, 9.17) is 4.74 Å². The molecule has 1 aliphatic heterocycles. The van der Waals surface area contributed by atoms with Crippen LogP contribution in [0.15, 0.2) is 66.7 Å². The zero-order valence-electron chi connectivity index (χ0n) is 20.6. The van der Waals surface area contributed by atoms with E-state index in [1.807, 2.05) is 31.2 Å². The molecule has 9 heteroatoms. The van der Waals surface area contributed by atoms with Gasteiger partial charge in [-0.3, -0.25) is 9.69 Å². The van der Waals surface area contributed by atoms with Gasteiger partial charge in [0.15, 0.2) is 0 Å². The number of hydrogen-bond donors (Lipinski definition) is 1. The van der Waals surface area contributed by atoms with Gasteiger partial charge in [0.1, 0.15) is 5.75 Å². The molecule has 0 atom stereocenters. The quantitative estimate of drug-likeness (QED) is 0.421.